The molecule has 0 radical (unpaired) electrons. The van der Waals surface area contributed by atoms with E-state index in [2.05, 4.69) is 12.2 Å². The molecule has 7 nitrogen and oxygen atoms in total. The molecule has 2 saturated heterocycles. The average molecular weight is 519 g/mol. The second-order valence-electron chi connectivity index (χ2n) is 11.5. The molecular weight excluding hydrogens is 492 g/mol. The average Bonchev–Trinajstić information content (AvgIpc) is 3.63. The lowest BCUT2D eigenvalue weighted by Gasteiger charge is -2.37. The Morgan fingerprint density at radius 1 is 0.821 bits per heavy atom. The predicted molar refractivity (Wildman–Crippen MR) is 144 cm³/mol. The molecule has 0 unspecified atom stereocenters. The van der Waals surface area contributed by atoms with Crippen LogP contribution in [0, 0.1) is 41.4 Å². The number of benzene rings is 3. The maximum atomic E-state index is 13.5. The number of hydrogen-bond acceptors (Lipinski definition) is 5. The van der Waals surface area contributed by atoms with Crippen LogP contribution >= 0.6 is 0 Å². The Hall–Kier alpha value is -4.26. The van der Waals surface area contributed by atoms with Crippen molar-refractivity contribution in [1.29, 1.82) is 0 Å². The van der Waals surface area contributed by atoms with E-state index in [0.29, 0.717) is 17.5 Å². The Kier molecular flexibility index (Phi) is 4.73. The molecule has 4 fully saturated rings. The van der Waals surface area contributed by atoms with Crippen molar-refractivity contribution in [3.63, 3.8) is 0 Å². The Labute approximate surface area is 225 Å². The number of hydrogen-bond donors (Lipinski definition) is 0. The summed E-state index contributed by atoms with van der Waals surface area (Å²) in [6.07, 6.45) is 5.48. The number of nitrogens with zero attached hydrogens (tertiary/aromatic N) is 2. The van der Waals surface area contributed by atoms with Gasteiger partial charge in [0.1, 0.15) is 5.75 Å². The SMILES string of the molecule is O=C(Oc1cccc(N2C(=O)[C@@H]3[C@H]4C=C[C@@H]([C@@H]5C[C@H]45)[C@@H]3C2=O)c1)[C@@H]1CC(=O)N(c2cccc3ccccc23)C1. The van der Waals surface area contributed by atoms with E-state index in [1.807, 2.05) is 42.5 Å². The summed E-state index contributed by atoms with van der Waals surface area (Å²) in [5.74, 6) is -0.485. The Morgan fingerprint density at radius 2 is 1.51 bits per heavy atom. The lowest BCUT2D eigenvalue weighted by molar-refractivity contribution is -0.139. The molecule has 7 atom stereocenters. The van der Waals surface area contributed by atoms with Crippen LogP contribution in [0.2, 0.25) is 0 Å². The molecule has 4 aliphatic carbocycles. The fourth-order valence-corrected chi connectivity index (χ4v) is 7.64. The van der Waals surface area contributed by atoms with E-state index in [1.54, 1.807) is 29.2 Å². The molecule has 2 bridgehead atoms. The molecular formula is C32H26N2O5. The highest BCUT2D eigenvalue weighted by molar-refractivity contribution is 6.22. The molecule has 194 valence electrons. The van der Waals surface area contributed by atoms with Crippen LogP contribution in [-0.2, 0) is 19.2 Å². The van der Waals surface area contributed by atoms with Crippen LogP contribution in [0.1, 0.15) is 12.8 Å². The molecule has 9 rings (SSSR count). The first-order valence-electron chi connectivity index (χ1n) is 13.7. The van der Waals surface area contributed by atoms with E-state index in [-0.39, 0.29) is 60.1 Å². The van der Waals surface area contributed by atoms with Gasteiger partial charge in [-0.25, -0.2) is 4.90 Å². The van der Waals surface area contributed by atoms with Gasteiger partial charge in [-0.2, -0.15) is 0 Å². The number of esters is 1. The molecule has 2 saturated carbocycles. The van der Waals surface area contributed by atoms with Crippen LogP contribution < -0.4 is 14.5 Å². The number of imide groups is 1. The van der Waals surface area contributed by atoms with Gasteiger partial charge < -0.3 is 9.64 Å². The third kappa shape index (κ3) is 3.28. The van der Waals surface area contributed by atoms with Crippen LogP contribution in [-0.4, -0.2) is 30.2 Å². The van der Waals surface area contributed by atoms with Gasteiger partial charge in [0, 0.05) is 24.4 Å². The lowest BCUT2D eigenvalue weighted by atomic mass is 9.63. The van der Waals surface area contributed by atoms with Crippen LogP contribution in [0.4, 0.5) is 11.4 Å². The second-order valence-corrected chi connectivity index (χ2v) is 11.5. The molecule has 0 N–H and O–H groups in total. The van der Waals surface area contributed by atoms with Crippen molar-refractivity contribution < 1.29 is 23.9 Å². The smallest absolute Gasteiger partial charge is 0.316 e. The summed E-state index contributed by atoms with van der Waals surface area (Å²) in [6.45, 7) is 0.232. The topological polar surface area (TPSA) is 84.0 Å². The highest BCUT2D eigenvalue weighted by Crippen LogP contribution is 2.65. The summed E-state index contributed by atoms with van der Waals surface area (Å²) in [6, 6.07) is 20.3. The van der Waals surface area contributed by atoms with Gasteiger partial charge in [-0.3, -0.25) is 19.2 Å². The van der Waals surface area contributed by atoms with E-state index in [0.717, 1.165) is 22.9 Å². The largest absolute Gasteiger partial charge is 0.426 e. The van der Waals surface area contributed by atoms with Crippen molar-refractivity contribution in [3.8, 4) is 5.75 Å². The van der Waals surface area contributed by atoms with Crippen LogP contribution in [0.5, 0.6) is 5.75 Å². The number of carbonyl (C=O) groups excluding carboxylic acids is 4. The van der Waals surface area contributed by atoms with Crippen LogP contribution in [0.3, 0.4) is 0 Å². The molecule has 7 heteroatoms. The number of rotatable bonds is 4. The molecule has 39 heavy (non-hydrogen) atoms. The lowest BCUT2D eigenvalue weighted by Crippen LogP contribution is -2.40. The molecule has 2 aliphatic heterocycles. The Balaban J connectivity index is 1.01. The van der Waals surface area contributed by atoms with Gasteiger partial charge >= 0.3 is 5.97 Å². The van der Waals surface area contributed by atoms with E-state index in [4.69, 9.17) is 4.74 Å². The highest BCUT2D eigenvalue weighted by Gasteiger charge is 2.67. The number of anilines is 2. The number of amides is 3. The summed E-state index contributed by atoms with van der Waals surface area (Å²) in [7, 11) is 0. The fourth-order valence-electron chi connectivity index (χ4n) is 7.64. The van der Waals surface area contributed by atoms with Crippen LogP contribution in [0.15, 0.2) is 78.9 Å². The van der Waals surface area contributed by atoms with Gasteiger partial charge in [-0.05, 0) is 53.7 Å². The zero-order chi connectivity index (χ0) is 26.4. The molecule has 3 aromatic carbocycles. The summed E-state index contributed by atoms with van der Waals surface area (Å²) >= 11 is 0. The highest BCUT2D eigenvalue weighted by atomic mass is 16.5. The van der Waals surface area contributed by atoms with Crippen molar-refractivity contribution >= 4 is 45.8 Å². The maximum absolute atomic E-state index is 13.5. The standard InChI is InChI=1S/C32H26N2O5/c35-27-13-18(16-33(27)26-10-3-6-17-5-1-2-9-21(17)26)32(38)39-20-8-4-7-19(14-20)34-30(36)28-22-11-12-23(25-15-24(22)25)29(28)31(34)37/h1-12,14,18,22-25,28-29H,13,15-16H2/t18-,22+,23+,24-,25+,28-,29+/m1/s1. The zero-order valence-corrected chi connectivity index (χ0v) is 21.1. The van der Waals surface area contributed by atoms with Crippen LogP contribution in [0.25, 0.3) is 10.8 Å². The van der Waals surface area contributed by atoms with Crippen molar-refractivity contribution in [2.75, 3.05) is 16.3 Å². The van der Waals surface area contributed by atoms with E-state index in [9.17, 15) is 19.2 Å². The monoisotopic (exact) mass is 518 g/mol. The number of ether oxygens (including phenoxy) is 1. The fraction of sp³-hybridized carbons (Fsp3) is 0.312. The van der Waals surface area contributed by atoms with Gasteiger partial charge in [-0.15, -0.1) is 0 Å². The maximum Gasteiger partial charge on any atom is 0.316 e. The van der Waals surface area contributed by atoms with Crippen molar-refractivity contribution in [2.45, 2.75) is 12.8 Å². The summed E-state index contributed by atoms with van der Waals surface area (Å²) in [5, 5.41) is 1.98. The van der Waals surface area contributed by atoms with Gasteiger partial charge in [0.25, 0.3) is 0 Å². The quantitative estimate of drug-likeness (QED) is 0.222. The number of carbonyl (C=O) groups is 4. The third-order valence-corrected chi connectivity index (χ3v) is 9.47. The van der Waals surface area contributed by atoms with Gasteiger partial charge in [0.2, 0.25) is 17.7 Å². The normalized spacial score (nSPS) is 32.1. The summed E-state index contributed by atoms with van der Waals surface area (Å²) in [5.41, 5.74) is 1.21. The number of fused-ring (bicyclic) bond motifs is 1. The molecule has 0 aromatic heterocycles. The zero-order valence-electron chi connectivity index (χ0n) is 21.1. The first-order chi connectivity index (χ1) is 19.0. The van der Waals surface area contributed by atoms with Gasteiger partial charge in [-0.1, -0.05) is 54.6 Å². The first kappa shape index (κ1) is 22.7. The van der Waals surface area contributed by atoms with E-state index >= 15 is 0 Å². The second kappa shape index (κ2) is 8.12. The van der Waals surface area contributed by atoms with Gasteiger partial charge in [0.05, 0.1) is 29.1 Å². The summed E-state index contributed by atoms with van der Waals surface area (Å²) < 4.78 is 5.71. The predicted octanol–water partition coefficient (Wildman–Crippen LogP) is 4.36. The van der Waals surface area contributed by atoms with Crippen molar-refractivity contribution in [2.24, 2.45) is 41.4 Å². The van der Waals surface area contributed by atoms with Crippen molar-refractivity contribution in [1.82, 2.24) is 0 Å². The summed E-state index contributed by atoms with van der Waals surface area (Å²) in [4.78, 5) is 56.0. The Bertz CT molecular complexity index is 1590. The molecule has 3 aromatic rings. The van der Waals surface area contributed by atoms with Gasteiger partial charge in [0.15, 0.2) is 0 Å². The van der Waals surface area contributed by atoms with Crippen molar-refractivity contribution in [3.05, 3.63) is 78.9 Å². The third-order valence-electron chi connectivity index (χ3n) is 9.47. The molecule has 3 amide bonds. The molecule has 2 heterocycles. The molecule has 0 spiro atoms. The van der Waals surface area contributed by atoms with E-state index < -0.39 is 11.9 Å². The first-order valence-corrected chi connectivity index (χ1v) is 13.7. The number of allylic oxidation sites excluding steroid dienone is 2. The minimum atomic E-state index is -0.619. The minimum absolute atomic E-state index is 0.0618. The minimum Gasteiger partial charge on any atom is -0.426 e. The molecule has 6 aliphatic rings. The Morgan fingerprint density at radius 3 is 2.28 bits per heavy atom. The van der Waals surface area contributed by atoms with E-state index in [1.165, 1.54) is 4.90 Å².